The van der Waals surface area contributed by atoms with Crippen LogP contribution >= 0.6 is 23.4 Å². The molecule has 0 bridgehead atoms. The number of aryl methyl sites for hydroxylation is 1. The average molecular weight is 588 g/mol. The van der Waals surface area contributed by atoms with Gasteiger partial charge in [-0.25, -0.2) is 15.0 Å². The van der Waals surface area contributed by atoms with Crippen LogP contribution in [0.25, 0.3) is 0 Å². The van der Waals surface area contributed by atoms with Gasteiger partial charge < -0.3 is 20.9 Å². The molecular formula is C26H34ClN9OS2. The second-order valence-electron chi connectivity index (χ2n) is 11.6. The standard InChI is InChI=1S/C26H34ClN9OS2/c1-25(2,3)39(37)34-21-20-15-5-4-6-16(15)33-36(20)14-26(21)8-11-35(12-9-26)18-13-31-24(23(29)32-18)38-17-7-10-30-22(28)19(17)27/h7,10,13,21,34H,4-6,8-9,11-12,14H2,1-3H3,(H2,28,30)(H2,29,32)/t21-,39?/m1/s1. The number of rotatable bonds is 5. The minimum Gasteiger partial charge on any atom is -0.598 e. The Bertz CT molecular complexity index is 1400. The van der Waals surface area contributed by atoms with Crippen LogP contribution in [0.4, 0.5) is 17.5 Å². The van der Waals surface area contributed by atoms with E-state index in [0.29, 0.717) is 15.9 Å². The molecule has 3 aliphatic rings. The van der Waals surface area contributed by atoms with Gasteiger partial charge in [-0.05, 0) is 64.5 Å². The Morgan fingerprint density at radius 2 is 1.95 bits per heavy atom. The highest BCUT2D eigenvalue weighted by Gasteiger charge is 2.53. The van der Waals surface area contributed by atoms with Crippen molar-refractivity contribution in [1.82, 2.24) is 29.5 Å². The number of nitrogens with one attached hydrogen (secondary N) is 1. The molecule has 5 heterocycles. The summed E-state index contributed by atoms with van der Waals surface area (Å²) in [5.74, 6) is 1.37. The summed E-state index contributed by atoms with van der Waals surface area (Å²) in [6.45, 7) is 8.52. The molecule has 2 aliphatic heterocycles. The highest BCUT2D eigenvalue weighted by atomic mass is 35.5. The molecule has 10 nitrogen and oxygen atoms in total. The summed E-state index contributed by atoms with van der Waals surface area (Å²) in [6.07, 6.45) is 8.47. The maximum absolute atomic E-state index is 13.3. The van der Waals surface area contributed by atoms with Crippen LogP contribution in [0.1, 0.15) is 63.0 Å². The van der Waals surface area contributed by atoms with Crippen LogP contribution in [0, 0.1) is 5.41 Å². The van der Waals surface area contributed by atoms with E-state index in [0.717, 1.165) is 62.5 Å². The van der Waals surface area contributed by atoms with E-state index in [1.165, 1.54) is 28.7 Å². The number of nitrogens with two attached hydrogens (primary N) is 2. The van der Waals surface area contributed by atoms with Gasteiger partial charge in [0, 0.05) is 47.5 Å². The summed E-state index contributed by atoms with van der Waals surface area (Å²) in [5, 5.41) is 5.94. The Morgan fingerprint density at radius 3 is 2.67 bits per heavy atom. The zero-order valence-electron chi connectivity index (χ0n) is 22.4. The second kappa shape index (κ2) is 9.99. The predicted octanol–water partition coefficient (Wildman–Crippen LogP) is 3.92. The van der Waals surface area contributed by atoms with Crippen molar-refractivity contribution < 1.29 is 4.55 Å². The molecule has 0 radical (unpaired) electrons. The van der Waals surface area contributed by atoms with E-state index in [1.807, 2.05) is 20.8 Å². The Kier molecular flexibility index (Phi) is 6.90. The number of fused-ring (bicyclic) bond motifs is 3. The third kappa shape index (κ3) is 4.84. The molecule has 5 N–H and O–H groups in total. The molecule has 0 amide bonds. The van der Waals surface area contributed by atoms with E-state index in [4.69, 9.17) is 28.2 Å². The van der Waals surface area contributed by atoms with Gasteiger partial charge in [-0.1, -0.05) is 23.4 Å². The average Bonchev–Trinajstić information content (AvgIpc) is 3.54. The van der Waals surface area contributed by atoms with Gasteiger partial charge in [-0.3, -0.25) is 4.68 Å². The van der Waals surface area contributed by atoms with E-state index in [1.54, 1.807) is 18.5 Å². The van der Waals surface area contributed by atoms with Gasteiger partial charge in [0.1, 0.15) is 27.5 Å². The summed E-state index contributed by atoms with van der Waals surface area (Å²) < 4.78 is 18.7. The number of pyridine rings is 1. The first-order valence-electron chi connectivity index (χ1n) is 13.3. The number of hydrogen-bond acceptors (Lipinski definition) is 10. The smallest absolute Gasteiger partial charge is 0.158 e. The van der Waals surface area contributed by atoms with Crippen LogP contribution in [0.2, 0.25) is 5.02 Å². The highest BCUT2D eigenvalue weighted by molar-refractivity contribution is 7.99. The van der Waals surface area contributed by atoms with Gasteiger partial charge in [0.25, 0.3) is 0 Å². The molecule has 3 aromatic rings. The monoisotopic (exact) mass is 587 g/mol. The summed E-state index contributed by atoms with van der Waals surface area (Å²) in [6, 6.07) is 1.79. The van der Waals surface area contributed by atoms with Crippen molar-refractivity contribution in [2.75, 3.05) is 29.5 Å². The second-order valence-corrected chi connectivity index (χ2v) is 15.0. The largest absolute Gasteiger partial charge is 0.598 e. The SMILES string of the molecule is CC(C)(C)[S+]([O-])N[C@@H]1c2c3c(nn2CC12CCN(c1cnc(Sc4ccnc(N)c4Cl)c(N)n1)CC2)CCC3. The molecule has 1 saturated heterocycles. The number of hydrogen-bond donors (Lipinski definition) is 3. The van der Waals surface area contributed by atoms with Crippen LogP contribution < -0.4 is 21.1 Å². The number of anilines is 3. The lowest BCUT2D eigenvalue weighted by atomic mass is 9.73. The minimum atomic E-state index is -1.18. The maximum atomic E-state index is 13.3. The topological polar surface area (TPSA) is 147 Å². The summed E-state index contributed by atoms with van der Waals surface area (Å²) >= 11 is 6.44. The third-order valence-electron chi connectivity index (χ3n) is 8.07. The fourth-order valence-corrected chi connectivity index (χ4v) is 7.87. The predicted molar refractivity (Wildman–Crippen MR) is 156 cm³/mol. The molecular weight excluding hydrogens is 554 g/mol. The number of piperidine rings is 1. The Morgan fingerprint density at radius 1 is 1.18 bits per heavy atom. The summed E-state index contributed by atoms with van der Waals surface area (Å²) in [7, 11) is 0. The van der Waals surface area contributed by atoms with Gasteiger partial charge in [-0.15, -0.1) is 4.72 Å². The third-order valence-corrected chi connectivity index (χ3v) is 11.2. The molecule has 3 aromatic heterocycles. The van der Waals surface area contributed by atoms with Crippen molar-refractivity contribution >= 4 is 52.2 Å². The molecule has 13 heteroatoms. The van der Waals surface area contributed by atoms with Gasteiger partial charge in [-0.2, -0.15) is 5.10 Å². The molecule has 1 spiro atoms. The van der Waals surface area contributed by atoms with E-state index in [2.05, 4.69) is 29.3 Å². The zero-order chi connectivity index (χ0) is 27.5. The van der Waals surface area contributed by atoms with E-state index in [9.17, 15) is 4.55 Å². The van der Waals surface area contributed by atoms with Gasteiger partial charge >= 0.3 is 0 Å². The lowest BCUT2D eigenvalue weighted by Crippen LogP contribution is -2.50. The lowest BCUT2D eigenvalue weighted by Gasteiger charge is -2.43. The summed E-state index contributed by atoms with van der Waals surface area (Å²) in [5.41, 5.74) is 16.0. The Labute approximate surface area is 241 Å². The molecule has 2 atom stereocenters. The maximum Gasteiger partial charge on any atom is 0.158 e. The van der Waals surface area contributed by atoms with Crippen LogP contribution in [-0.2, 0) is 30.7 Å². The van der Waals surface area contributed by atoms with Crippen molar-refractivity contribution in [1.29, 1.82) is 0 Å². The first kappa shape index (κ1) is 26.9. The first-order valence-corrected chi connectivity index (χ1v) is 15.6. The van der Waals surface area contributed by atoms with Crippen LogP contribution in [-0.4, -0.2) is 47.1 Å². The fourth-order valence-electron chi connectivity index (χ4n) is 5.92. The number of aromatic nitrogens is 5. The molecule has 0 saturated carbocycles. The van der Waals surface area contributed by atoms with E-state index in [-0.39, 0.29) is 22.0 Å². The molecule has 6 rings (SSSR count). The molecule has 39 heavy (non-hydrogen) atoms. The first-order chi connectivity index (χ1) is 18.6. The quantitative estimate of drug-likeness (QED) is 0.375. The van der Waals surface area contributed by atoms with Crippen molar-refractivity contribution in [3.63, 3.8) is 0 Å². The normalized spacial score (nSPS) is 20.8. The Balaban J connectivity index is 1.20. The summed E-state index contributed by atoms with van der Waals surface area (Å²) in [4.78, 5) is 16.3. The van der Waals surface area contributed by atoms with Crippen molar-refractivity contribution in [3.05, 3.63) is 40.4 Å². The molecule has 0 aromatic carbocycles. The van der Waals surface area contributed by atoms with Crippen molar-refractivity contribution in [2.24, 2.45) is 5.41 Å². The number of nitrogen functional groups attached to an aromatic ring is 2. The minimum absolute atomic E-state index is 0.0153. The molecule has 1 fully saturated rings. The zero-order valence-corrected chi connectivity index (χ0v) is 24.8. The highest BCUT2D eigenvalue weighted by Crippen LogP contribution is 2.52. The van der Waals surface area contributed by atoms with Gasteiger partial charge in [0.2, 0.25) is 0 Å². The van der Waals surface area contributed by atoms with E-state index < -0.39 is 11.4 Å². The van der Waals surface area contributed by atoms with Crippen LogP contribution in [0.15, 0.2) is 28.4 Å². The van der Waals surface area contributed by atoms with E-state index >= 15 is 0 Å². The van der Waals surface area contributed by atoms with Gasteiger partial charge in [0.15, 0.2) is 5.82 Å². The Hall–Kier alpha value is -2.25. The van der Waals surface area contributed by atoms with Crippen molar-refractivity contribution in [3.8, 4) is 0 Å². The fraction of sp³-hybridized carbons (Fsp3) is 0.538. The molecule has 1 unspecified atom stereocenters. The van der Waals surface area contributed by atoms with Crippen molar-refractivity contribution in [2.45, 2.75) is 80.1 Å². The number of halogens is 1. The molecule has 1 aliphatic carbocycles. The van der Waals surface area contributed by atoms with Gasteiger partial charge in [0.05, 0.1) is 22.6 Å². The number of nitrogens with zero attached hydrogens (tertiary/aromatic N) is 6. The molecule has 208 valence electrons. The van der Waals surface area contributed by atoms with Crippen LogP contribution in [0.3, 0.4) is 0 Å². The van der Waals surface area contributed by atoms with Crippen LogP contribution in [0.5, 0.6) is 0 Å². The lowest BCUT2D eigenvalue weighted by molar-refractivity contribution is 0.160.